The van der Waals surface area contributed by atoms with Gasteiger partial charge in [-0.15, -0.1) is 0 Å². The maximum absolute atomic E-state index is 13.3. The first-order valence-corrected chi connectivity index (χ1v) is 12.3. The predicted molar refractivity (Wildman–Crippen MR) is 141 cm³/mol. The topological polar surface area (TPSA) is 38.8 Å². The Morgan fingerprint density at radius 2 is 1.76 bits per heavy atom. The summed E-state index contributed by atoms with van der Waals surface area (Å²) in [6.45, 7) is 5.33. The van der Waals surface area contributed by atoms with Gasteiger partial charge in [0.05, 0.1) is 17.3 Å². The second-order valence-electron chi connectivity index (χ2n) is 8.33. The van der Waals surface area contributed by atoms with E-state index >= 15 is 0 Å². The molecule has 3 aromatic carbocycles. The van der Waals surface area contributed by atoms with Crippen molar-refractivity contribution in [3.8, 4) is 11.5 Å². The fourth-order valence-corrected chi connectivity index (χ4v) is 4.70. The van der Waals surface area contributed by atoms with Crippen molar-refractivity contribution in [3.63, 3.8) is 0 Å². The van der Waals surface area contributed by atoms with E-state index in [0.29, 0.717) is 36.1 Å². The van der Waals surface area contributed by atoms with Crippen LogP contribution in [0.2, 0.25) is 0 Å². The molecule has 0 bridgehead atoms. The molecular weight excluding hydrogens is 546 g/mol. The third kappa shape index (κ3) is 5.17. The smallest absolute Gasteiger partial charge is 0.259 e. The van der Waals surface area contributed by atoms with Gasteiger partial charge >= 0.3 is 0 Å². The molecule has 6 heteroatoms. The number of carbonyl (C=O) groups excluding carboxylic acids is 1. The van der Waals surface area contributed by atoms with Crippen LogP contribution in [0.15, 0.2) is 69.6 Å². The second-order valence-corrected chi connectivity index (χ2v) is 10.1. The molecule has 1 heterocycles. The molecule has 0 atom stereocenters. The van der Waals surface area contributed by atoms with Crippen LogP contribution in [0, 0.1) is 5.92 Å². The van der Waals surface area contributed by atoms with Crippen LogP contribution in [0.4, 0.5) is 5.69 Å². The van der Waals surface area contributed by atoms with E-state index in [1.54, 1.807) is 7.11 Å². The minimum atomic E-state index is 0.0237. The summed E-state index contributed by atoms with van der Waals surface area (Å²) in [5.74, 6) is 1.63. The highest BCUT2D eigenvalue weighted by Gasteiger charge is 2.32. The zero-order chi connectivity index (χ0) is 23.5. The maximum Gasteiger partial charge on any atom is 0.259 e. The Hall–Kier alpha value is -2.57. The van der Waals surface area contributed by atoms with E-state index in [1.165, 1.54) is 0 Å². The molecule has 0 aliphatic carbocycles. The molecule has 3 aromatic rings. The molecular formula is C27H25Br2NO3. The standard InChI is InChI=1S/C27H25Br2NO3/c1-17(2)15-30-24-7-5-4-6-21(24)22(27(30)31)12-19-13-23(29)26(25(14-19)32-3)33-16-18-8-10-20(28)11-9-18/h4-14,17H,15-16H2,1-3H3/b22-12-. The summed E-state index contributed by atoms with van der Waals surface area (Å²) < 4.78 is 13.5. The Bertz CT molecular complexity index is 1200. The number of anilines is 1. The van der Waals surface area contributed by atoms with Crippen molar-refractivity contribution >= 4 is 55.1 Å². The van der Waals surface area contributed by atoms with Gasteiger partial charge in [0.1, 0.15) is 6.61 Å². The van der Waals surface area contributed by atoms with Crippen molar-refractivity contribution in [2.45, 2.75) is 20.5 Å². The third-order valence-electron chi connectivity index (χ3n) is 5.37. The number of ether oxygens (including phenoxy) is 2. The van der Waals surface area contributed by atoms with Crippen molar-refractivity contribution in [1.29, 1.82) is 0 Å². The van der Waals surface area contributed by atoms with E-state index in [0.717, 1.165) is 31.3 Å². The number of nitrogens with zero attached hydrogens (tertiary/aromatic N) is 1. The average molecular weight is 571 g/mol. The first-order chi connectivity index (χ1) is 15.9. The number of halogens is 2. The van der Waals surface area contributed by atoms with Gasteiger partial charge in [0.15, 0.2) is 11.5 Å². The lowest BCUT2D eigenvalue weighted by Crippen LogP contribution is -2.30. The number of para-hydroxylation sites is 1. The number of fused-ring (bicyclic) bond motifs is 1. The molecule has 170 valence electrons. The molecule has 1 aliphatic heterocycles. The molecule has 0 radical (unpaired) electrons. The fourth-order valence-electron chi connectivity index (χ4n) is 3.86. The Morgan fingerprint density at radius 3 is 2.45 bits per heavy atom. The van der Waals surface area contributed by atoms with E-state index in [4.69, 9.17) is 9.47 Å². The molecule has 1 aliphatic rings. The average Bonchev–Trinajstić information content (AvgIpc) is 3.04. The van der Waals surface area contributed by atoms with Crippen molar-refractivity contribution < 1.29 is 14.3 Å². The molecule has 33 heavy (non-hydrogen) atoms. The lowest BCUT2D eigenvalue weighted by atomic mass is 10.0. The summed E-state index contributed by atoms with van der Waals surface area (Å²) in [6, 6.07) is 19.8. The number of amides is 1. The Labute approximate surface area is 211 Å². The lowest BCUT2D eigenvalue weighted by Gasteiger charge is -2.19. The van der Waals surface area contributed by atoms with E-state index in [9.17, 15) is 4.79 Å². The van der Waals surface area contributed by atoms with E-state index in [2.05, 4.69) is 45.7 Å². The molecule has 1 amide bonds. The zero-order valence-corrected chi connectivity index (χ0v) is 21.9. The Kier molecular flexibility index (Phi) is 7.25. The number of carbonyl (C=O) groups is 1. The summed E-state index contributed by atoms with van der Waals surface area (Å²) in [4.78, 5) is 15.1. The minimum Gasteiger partial charge on any atom is -0.493 e. The lowest BCUT2D eigenvalue weighted by molar-refractivity contribution is -0.113. The summed E-state index contributed by atoms with van der Waals surface area (Å²) >= 11 is 7.08. The molecule has 4 nitrogen and oxygen atoms in total. The van der Waals surface area contributed by atoms with Gasteiger partial charge in [-0.2, -0.15) is 0 Å². The molecule has 0 spiro atoms. The van der Waals surface area contributed by atoms with Gasteiger partial charge in [-0.1, -0.05) is 60.1 Å². The van der Waals surface area contributed by atoms with Crippen LogP contribution in [0.3, 0.4) is 0 Å². The number of hydrogen-bond donors (Lipinski definition) is 0. The van der Waals surface area contributed by atoms with E-state index < -0.39 is 0 Å². The van der Waals surface area contributed by atoms with Crippen LogP contribution in [-0.4, -0.2) is 19.6 Å². The molecule has 4 rings (SSSR count). The molecule has 0 saturated carbocycles. The van der Waals surface area contributed by atoms with Gasteiger partial charge in [0, 0.05) is 22.2 Å². The normalized spacial score (nSPS) is 14.2. The maximum atomic E-state index is 13.3. The van der Waals surface area contributed by atoms with Crippen LogP contribution in [0.5, 0.6) is 11.5 Å². The summed E-state index contributed by atoms with van der Waals surface area (Å²) in [6.07, 6.45) is 1.92. The number of benzene rings is 3. The van der Waals surface area contributed by atoms with Crippen LogP contribution in [-0.2, 0) is 11.4 Å². The number of hydrogen-bond acceptors (Lipinski definition) is 3. The summed E-state index contributed by atoms with van der Waals surface area (Å²) in [5.41, 5.74) is 4.51. The van der Waals surface area contributed by atoms with Crippen molar-refractivity contribution in [2.24, 2.45) is 5.92 Å². The quantitative estimate of drug-likeness (QED) is 0.279. The minimum absolute atomic E-state index is 0.0237. The van der Waals surface area contributed by atoms with Gasteiger partial charge in [-0.3, -0.25) is 4.79 Å². The van der Waals surface area contributed by atoms with Gasteiger partial charge in [0.25, 0.3) is 5.91 Å². The highest BCUT2D eigenvalue weighted by molar-refractivity contribution is 9.10. The second kappa shape index (κ2) is 10.1. The molecule has 0 unspecified atom stereocenters. The molecule has 0 N–H and O–H groups in total. The van der Waals surface area contributed by atoms with Gasteiger partial charge in [-0.05, 0) is 69.4 Å². The summed E-state index contributed by atoms with van der Waals surface area (Å²) in [5, 5.41) is 0. The van der Waals surface area contributed by atoms with Crippen molar-refractivity contribution in [1.82, 2.24) is 0 Å². The van der Waals surface area contributed by atoms with E-state index in [-0.39, 0.29) is 5.91 Å². The van der Waals surface area contributed by atoms with Crippen LogP contribution in [0.25, 0.3) is 11.6 Å². The number of rotatable bonds is 7. The van der Waals surface area contributed by atoms with Gasteiger partial charge in [-0.25, -0.2) is 0 Å². The van der Waals surface area contributed by atoms with Crippen LogP contribution >= 0.6 is 31.9 Å². The highest BCUT2D eigenvalue weighted by atomic mass is 79.9. The van der Waals surface area contributed by atoms with E-state index in [1.807, 2.05) is 71.6 Å². The first-order valence-electron chi connectivity index (χ1n) is 10.7. The third-order valence-corrected chi connectivity index (χ3v) is 6.49. The first kappa shape index (κ1) is 23.6. The van der Waals surface area contributed by atoms with Crippen LogP contribution < -0.4 is 14.4 Å². The molecule has 0 saturated heterocycles. The van der Waals surface area contributed by atoms with Crippen molar-refractivity contribution in [3.05, 3.63) is 86.3 Å². The van der Waals surface area contributed by atoms with Gasteiger partial charge in [0.2, 0.25) is 0 Å². The number of methoxy groups -OCH3 is 1. The Morgan fingerprint density at radius 1 is 1.03 bits per heavy atom. The van der Waals surface area contributed by atoms with Crippen LogP contribution in [0.1, 0.15) is 30.5 Å². The zero-order valence-electron chi connectivity index (χ0n) is 18.8. The molecule has 0 fully saturated rings. The van der Waals surface area contributed by atoms with Gasteiger partial charge < -0.3 is 14.4 Å². The SMILES string of the molecule is COc1cc(/C=C2\C(=O)N(CC(C)C)c3ccccc32)cc(Br)c1OCc1ccc(Br)cc1. The van der Waals surface area contributed by atoms with Crippen molar-refractivity contribution in [2.75, 3.05) is 18.6 Å². The monoisotopic (exact) mass is 569 g/mol. The Balaban J connectivity index is 1.65. The predicted octanol–water partition coefficient (Wildman–Crippen LogP) is 7.34. The fraction of sp³-hybridized carbons (Fsp3) is 0.222. The molecule has 0 aromatic heterocycles. The largest absolute Gasteiger partial charge is 0.493 e. The highest BCUT2D eigenvalue weighted by Crippen LogP contribution is 2.41. The summed E-state index contributed by atoms with van der Waals surface area (Å²) in [7, 11) is 1.62.